The second-order valence-corrected chi connectivity index (χ2v) is 7.34. The smallest absolute Gasteiger partial charge is 0.251 e. The zero-order valence-electron chi connectivity index (χ0n) is 16.0. The maximum absolute atomic E-state index is 13.1. The van der Waals surface area contributed by atoms with Gasteiger partial charge in [-0.15, -0.1) is 0 Å². The summed E-state index contributed by atoms with van der Waals surface area (Å²) in [4.78, 5) is 26.8. The van der Waals surface area contributed by atoms with Gasteiger partial charge >= 0.3 is 0 Å². The lowest BCUT2D eigenvalue weighted by atomic mass is 10.0. The number of carbonyl (C=O) groups is 2. The zero-order chi connectivity index (χ0) is 19.5. The molecule has 4 nitrogen and oxygen atoms in total. The molecule has 0 radical (unpaired) electrons. The number of hydrogen-bond acceptors (Lipinski definition) is 2. The molecule has 0 saturated heterocycles. The van der Waals surface area contributed by atoms with Crippen molar-refractivity contribution in [3.05, 3.63) is 83.4 Å². The van der Waals surface area contributed by atoms with Crippen molar-refractivity contribution in [2.24, 2.45) is 0 Å². The summed E-state index contributed by atoms with van der Waals surface area (Å²) in [6, 6.07) is 22.2. The van der Waals surface area contributed by atoms with Crippen molar-refractivity contribution in [1.29, 1.82) is 0 Å². The number of rotatable bonds is 6. The first-order valence-electron chi connectivity index (χ1n) is 9.73. The van der Waals surface area contributed by atoms with Gasteiger partial charge in [-0.3, -0.25) is 9.59 Å². The molecule has 142 valence electrons. The third-order valence-corrected chi connectivity index (χ3v) is 5.33. The van der Waals surface area contributed by atoms with Gasteiger partial charge in [0.2, 0.25) is 5.91 Å². The van der Waals surface area contributed by atoms with E-state index in [9.17, 15) is 9.59 Å². The third kappa shape index (κ3) is 3.91. The van der Waals surface area contributed by atoms with Crippen molar-refractivity contribution in [3.8, 4) is 0 Å². The Kier molecular flexibility index (Phi) is 5.11. The lowest BCUT2D eigenvalue weighted by molar-refractivity contribution is -0.131. The van der Waals surface area contributed by atoms with Crippen LogP contribution in [0.1, 0.15) is 34.3 Å². The zero-order valence-corrected chi connectivity index (χ0v) is 16.0. The molecule has 0 aliphatic heterocycles. The topological polar surface area (TPSA) is 49.4 Å². The highest BCUT2D eigenvalue weighted by atomic mass is 16.2. The molecule has 0 spiro atoms. The lowest BCUT2D eigenvalue weighted by Gasteiger charge is -2.23. The van der Waals surface area contributed by atoms with Crippen LogP contribution < -0.4 is 5.32 Å². The van der Waals surface area contributed by atoms with Crippen LogP contribution in [0.3, 0.4) is 0 Å². The SMILES string of the molecule is CNC(=O)c1ccc(CN(C(=O)Cc2cccc3ccccc23)C2CC2)cc1. The molecule has 4 rings (SSSR count). The van der Waals surface area contributed by atoms with Crippen LogP contribution in [0.25, 0.3) is 10.8 Å². The van der Waals surface area contributed by atoms with Gasteiger partial charge in [-0.2, -0.15) is 0 Å². The highest BCUT2D eigenvalue weighted by Crippen LogP contribution is 2.30. The van der Waals surface area contributed by atoms with Crippen LogP contribution in [-0.4, -0.2) is 29.8 Å². The second kappa shape index (κ2) is 7.85. The predicted octanol–water partition coefficient (Wildman–Crippen LogP) is 3.93. The number of carbonyl (C=O) groups excluding carboxylic acids is 2. The standard InChI is InChI=1S/C24H24N2O2/c1-25-24(28)19-11-9-17(10-12-19)16-26(21-13-14-21)23(27)15-20-7-4-6-18-5-2-3-8-22(18)20/h2-12,21H,13-16H2,1H3,(H,25,28). The van der Waals surface area contributed by atoms with Crippen molar-refractivity contribution in [2.75, 3.05) is 7.05 Å². The Hall–Kier alpha value is -3.14. The summed E-state index contributed by atoms with van der Waals surface area (Å²) >= 11 is 0. The van der Waals surface area contributed by atoms with Gasteiger partial charge in [0, 0.05) is 25.2 Å². The highest BCUT2D eigenvalue weighted by molar-refractivity contribution is 5.94. The number of nitrogens with zero attached hydrogens (tertiary/aromatic N) is 1. The van der Waals surface area contributed by atoms with E-state index in [1.165, 1.54) is 0 Å². The molecule has 0 unspecified atom stereocenters. The van der Waals surface area contributed by atoms with Gasteiger partial charge in [0.25, 0.3) is 5.91 Å². The summed E-state index contributed by atoms with van der Waals surface area (Å²) in [7, 11) is 1.62. The monoisotopic (exact) mass is 372 g/mol. The van der Waals surface area contributed by atoms with Crippen LogP contribution >= 0.6 is 0 Å². The highest BCUT2D eigenvalue weighted by Gasteiger charge is 2.32. The average Bonchev–Trinajstić information content (AvgIpc) is 3.57. The molecule has 28 heavy (non-hydrogen) atoms. The quantitative estimate of drug-likeness (QED) is 0.713. The molecule has 1 fully saturated rings. The maximum atomic E-state index is 13.1. The first kappa shape index (κ1) is 18.2. The number of benzene rings is 3. The van der Waals surface area contributed by atoms with Gasteiger partial charge in [0.05, 0.1) is 6.42 Å². The average molecular weight is 372 g/mol. The van der Waals surface area contributed by atoms with Gasteiger partial charge in [-0.1, -0.05) is 54.6 Å². The van der Waals surface area contributed by atoms with E-state index in [0.29, 0.717) is 24.6 Å². The van der Waals surface area contributed by atoms with E-state index in [2.05, 4.69) is 23.5 Å². The molecule has 0 heterocycles. The van der Waals surface area contributed by atoms with E-state index >= 15 is 0 Å². The summed E-state index contributed by atoms with van der Waals surface area (Å²) in [5, 5.41) is 4.93. The summed E-state index contributed by atoms with van der Waals surface area (Å²) in [5.74, 6) is 0.0619. The van der Waals surface area contributed by atoms with E-state index in [1.807, 2.05) is 53.4 Å². The molecule has 4 heteroatoms. The van der Waals surface area contributed by atoms with Crippen LogP contribution in [0.4, 0.5) is 0 Å². The van der Waals surface area contributed by atoms with Gasteiger partial charge in [-0.25, -0.2) is 0 Å². The lowest BCUT2D eigenvalue weighted by Crippen LogP contribution is -2.33. The molecule has 3 aromatic carbocycles. The Morgan fingerprint density at radius 1 is 0.964 bits per heavy atom. The molecule has 3 aromatic rings. The minimum atomic E-state index is -0.0994. The Morgan fingerprint density at radius 2 is 1.68 bits per heavy atom. The molecule has 0 atom stereocenters. The normalized spacial score (nSPS) is 13.3. The molecule has 1 aliphatic rings. The summed E-state index contributed by atoms with van der Waals surface area (Å²) in [5.41, 5.74) is 2.75. The van der Waals surface area contributed by atoms with Crippen molar-refractivity contribution >= 4 is 22.6 Å². The molecule has 1 saturated carbocycles. The largest absolute Gasteiger partial charge is 0.355 e. The fourth-order valence-corrected chi connectivity index (χ4v) is 3.62. The second-order valence-electron chi connectivity index (χ2n) is 7.34. The Balaban J connectivity index is 1.51. The first-order valence-corrected chi connectivity index (χ1v) is 9.73. The van der Waals surface area contributed by atoms with Crippen molar-refractivity contribution in [1.82, 2.24) is 10.2 Å². The van der Waals surface area contributed by atoms with Crippen LogP contribution in [0.5, 0.6) is 0 Å². The maximum Gasteiger partial charge on any atom is 0.251 e. The van der Waals surface area contributed by atoms with Crippen molar-refractivity contribution in [3.63, 3.8) is 0 Å². The molecule has 1 aliphatic carbocycles. The fourth-order valence-electron chi connectivity index (χ4n) is 3.62. The molecule has 2 amide bonds. The summed E-state index contributed by atoms with van der Waals surface area (Å²) in [6.07, 6.45) is 2.55. The van der Waals surface area contributed by atoms with E-state index in [1.54, 1.807) is 7.05 Å². The predicted molar refractivity (Wildman–Crippen MR) is 111 cm³/mol. The minimum absolute atomic E-state index is 0.0994. The molecule has 0 aromatic heterocycles. The van der Waals surface area contributed by atoms with E-state index < -0.39 is 0 Å². The van der Waals surface area contributed by atoms with Crippen LogP contribution in [0, 0.1) is 0 Å². The number of hydrogen-bond donors (Lipinski definition) is 1. The summed E-state index contributed by atoms with van der Waals surface area (Å²) in [6.45, 7) is 0.586. The van der Waals surface area contributed by atoms with Crippen molar-refractivity contribution in [2.45, 2.75) is 31.8 Å². The Morgan fingerprint density at radius 3 is 2.39 bits per heavy atom. The van der Waals surface area contributed by atoms with E-state index in [4.69, 9.17) is 0 Å². The van der Waals surface area contributed by atoms with E-state index in [0.717, 1.165) is 34.7 Å². The number of nitrogens with one attached hydrogen (secondary N) is 1. The molecular formula is C24H24N2O2. The Labute approximate surface area is 165 Å². The van der Waals surface area contributed by atoms with Gasteiger partial charge in [0.15, 0.2) is 0 Å². The van der Waals surface area contributed by atoms with Gasteiger partial charge < -0.3 is 10.2 Å². The molecule has 0 bridgehead atoms. The van der Waals surface area contributed by atoms with Gasteiger partial charge in [0.1, 0.15) is 0 Å². The molecular weight excluding hydrogens is 348 g/mol. The first-order chi connectivity index (χ1) is 13.7. The summed E-state index contributed by atoms with van der Waals surface area (Å²) < 4.78 is 0. The Bertz CT molecular complexity index is 1000. The van der Waals surface area contributed by atoms with Crippen LogP contribution in [0.15, 0.2) is 66.7 Å². The number of fused-ring (bicyclic) bond motifs is 1. The fraction of sp³-hybridized carbons (Fsp3) is 0.250. The number of amides is 2. The van der Waals surface area contributed by atoms with E-state index in [-0.39, 0.29) is 11.8 Å². The third-order valence-electron chi connectivity index (χ3n) is 5.33. The minimum Gasteiger partial charge on any atom is -0.355 e. The van der Waals surface area contributed by atoms with Crippen LogP contribution in [0.2, 0.25) is 0 Å². The van der Waals surface area contributed by atoms with Crippen molar-refractivity contribution < 1.29 is 9.59 Å². The molecule has 1 N–H and O–H groups in total. The van der Waals surface area contributed by atoms with Gasteiger partial charge in [-0.05, 0) is 46.9 Å². The van der Waals surface area contributed by atoms with Crippen LogP contribution in [-0.2, 0) is 17.8 Å².